The van der Waals surface area contributed by atoms with E-state index in [0.29, 0.717) is 0 Å². The zero-order chi connectivity index (χ0) is 13.9. The fourth-order valence-electron chi connectivity index (χ4n) is 1.20. The molecule has 1 rings (SSSR count). The monoisotopic (exact) mass is 316 g/mol. The number of esters is 1. The van der Waals surface area contributed by atoms with Crippen LogP contribution in [0.25, 0.3) is 0 Å². The van der Waals surface area contributed by atoms with Gasteiger partial charge in [-0.2, -0.15) is 8.42 Å². The van der Waals surface area contributed by atoms with Gasteiger partial charge in [0.25, 0.3) is 10.1 Å². The molecule has 0 heterocycles. The van der Waals surface area contributed by atoms with Gasteiger partial charge < -0.3 is 12.7 Å². The summed E-state index contributed by atoms with van der Waals surface area (Å²) in [5.41, 5.74) is -0.540. The van der Waals surface area contributed by atoms with Crippen LogP contribution < -0.4 is 0 Å². The van der Waals surface area contributed by atoms with E-state index >= 15 is 0 Å². The fourth-order valence-corrected chi connectivity index (χ4v) is 1.93. The molecule has 1 aromatic carbocycles. The second-order valence-corrected chi connectivity index (χ2v) is 4.88. The molecule has 0 spiro atoms. The molecule has 0 atom stereocenters. The molecule has 102 valence electrons. The normalized spacial score (nSPS) is 10.4. The van der Waals surface area contributed by atoms with Crippen molar-refractivity contribution < 1.29 is 34.9 Å². The number of hydrogen-bond acceptors (Lipinski definition) is 6. The Labute approximate surface area is 142 Å². The van der Waals surface area contributed by atoms with E-state index in [4.69, 9.17) is 5.11 Å². The maximum Gasteiger partial charge on any atom is 2.00 e. The summed E-state index contributed by atoms with van der Waals surface area (Å²) < 4.78 is 31.6. The molecular weight excluding hydrogens is 304 g/mol. The van der Waals surface area contributed by atoms with Crippen molar-refractivity contribution in [1.82, 2.24) is 0 Å². The second kappa shape index (κ2) is 7.20. The molecular formula is C10H12CaO7S. The van der Waals surface area contributed by atoms with Crippen LogP contribution in [-0.4, -0.2) is 77.4 Å². The summed E-state index contributed by atoms with van der Waals surface area (Å²) in [5.74, 6) is -2.21. The van der Waals surface area contributed by atoms with Gasteiger partial charge in [0, 0.05) is 0 Å². The third-order valence-corrected chi connectivity index (χ3v) is 3.33. The standard InChI is InChI=1S/C10H10O7S.Ca.2H/c1-16-10(13)7-3-6(9(11)12)4-8(5-7)18(14,15)17-2;;;/h3-5H,1-2H3,(H,11,12);;;/q;+2;2*-1. The van der Waals surface area contributed by atoms with Crippen molar-refractivity contribution in [2.24, 2.45) is 0 Å². The number of rotatable bonds is 4. The van der Waals surface area contributed by atoms with Crippen molar-refractivity contribution in [3.8, 4) is 0 Å². The van der Waals surface area contributed by atoms with Crippen LogP contribution in [0.2, 0.25) is 0 Å². The van der Waals surface area contributed by atoms with Gasteiger partial charge in [-0.05, 0) is 18.2 Å². The Bertz CT molecular complexity index is 603. The van der Waals surface area contributed by atoms with Gasteiger partial charge in [-0.3, -0.25) is 4.18 Å². The van der Waals surface area contributed by atoms with Crippen LogP contribution in [0, 0.1) is 0 Å². The average Bonchev–Trinajstić information content (AvgIpc) is 2.37. The largest absolute Gasteiger partial charge is 2.00 e. The van der Waals surface area contributed by atoms with E-state index in [0.717, 1.165) is 32.4 Å². The topological polar surface area (TPSA) is 107 Å². The molecule has 0 saturated heterocycles. The number of carbonyl (C=O) groups is 2. The van der Waals surface area contributed by atoms with Crippen molar-refractivity contribution in [3.63, 3.8) is 0 Å². The van der Waals surface area contributed by atoms with Crippen LogP contribution in [0.15, 0.2) is 23.1 Å². The summed E-state index contributed by atoms with van der Waals surface area (Å²) >= 11 is 0. The summed E-state index contributed by atoms with van der Waals surface area (Å²) in [4.78, 5) is 21.7. The average molecular weight is 316 g/mol. The molecule has 0 bridgehead atoms. The van der Waals surface area contributed by atoms with E-state index in [9.17, 15) is 18.0 Å². The van der Waals surface area contributed by atoms with Crippen molar-refractivity contribution in [1.29, 1.82) is 0 Å². The molecule has 0 saturated carbocycles. The first-order valence-corrected chi connectivity index (χ1v) is 6.00. The quantitative estimate of drug-likeness (QED) is 0.485. The predicted molar refractivity (Wildman–Crippen MR) is 66.9 cm³/mol. The molecule has 7 nitrogen and oxygen atoms in total. The zero-order valence-electron chi connectivity index (χ0n) is 12.2. The van der Waals surface area contributed by atoms with E-state index in [1.807, 2.05) is 0 Å². The number of carbonyl (C=O) groups excluding carboxylic acids is 1. The number of carboxylic acid groups (broad SMARTS) is 1. The van der Waals surface area contributed by atoms with Gasteiger partial charge in [0.2, 0.25) is 0 Å². The minimum Gasteiger partial charge on any atom is -1.00 e. The summed E-state index contributed by atoms with van der Waals surface area (Å²) in [6, 6.07) is 2.90. The first-order valence-electron chi connectivity index (χ1n) is 4.59. The third-order valence-electron chi connectivity index (χ3n) is 2.08. The minimum absolute atomic E-state index is 0. The van der Waals surface area contributed by atoms with E-state index in [1.54, 1.807) is 0 Å². The molecule has 0 aliphatic heterocycles. The van der Waals surface area contributed by atoms with E-state index in [2.05, 4.69) is 8.92 Å². The fraction of sp³-hybridized carbons (Fsp3) is 0.200. The molecule has 9 heteroatoms. The maximum absolute atomic E-state index is 11.5. The Morgan fingerprint density at radius 1 is 1.16 bits per heavy atom. The summed E-state index contributed by atoms with van der Waals surface area (Å²) in [6.07, 6.45) is 0. The van der Waals surface area contributed by atoms with Gasteiger partial charge in [0.1, 0.15) is 0 Å². The van der Waals surface area contributed by atoms with Crippen LogP contribution in [-0.2, 0) is 19.0 Å². The number of aromatic carboxylic acids is 1. The number of ether oxygens (including phenoxy) is 1. The van der Waals surface area contributed by atoms with Crippen LogP contribution in [0.5, 0.6) is 0 Å². The molecule has 0 unspecified atom stereocenters. The molecule has 0 radical (unpaired) electrons. The first kappa shape index (κ1) is 18.3. The van der Waals surface area contributed by atoms with Gasteiger partial charge in [-0.25, -0.2) is 9.59 Å². The second-order valence-electron chi connectivity index (χ2n) is 3.16. The van der Waals surface area contributed by atoms with E-state index in [1.165, 1.54) is 0 Å². The first-order chi connectivity index (χ1) is 8.31. The van der Waals surface area contributed by atoms with Gasteiger partial charge in [0.15, 0.2) is 0 Å². The van der Waals surface area contributed by atoms with Crippen molar-refractivity contribution >= 4 is 59.8 Å². The SMILES string of the molecule is COC(=O)c1cc(C(=O)O)cc(S(=O)(=O)OC)c1.[Ca+2].[H-].[H-]. The molecule has 0 aliphatic carbocycles. The Hall–Kier alpha value is -0.670. The molecule has 1 aromatic rings. The zero-order valence-corrected chi connectivity index (χ0v) is 13.3. The Kier molecular flexibility index (Phi) is 6.95. The molecule has 0 aliphatic rings. The van der Waals surface area contributed by atoms with Crippen molar-refractivity contribution in [3.05, 3.63) is 29.3 Å². The molecule has 0 fully saturated rings. The Morgan fingerprint density at radius 2 is 1.68 bits per heavy atom. The smallest absolute Gasteiger partial charge is 1.00 e. The van der Waals surface area contributed by atoms with Crippen molar-refractivity contribution in [2.75, 3.05) is 14.2 Å². The summed E-state index contributed by atoms with van der Waals surface area (Å²) in [6.45, 7) is 0. The molecule has 19 heavy (non-hydrogen) atoms. The molecule has 1 N–H and O–H groups in total. The van der Waals surface area contributed by atoms with Gasteiger partial charge in [-0.1, -0.05) is 0 Å². The molecule has 0 aromatic heterocycles. The third kappa shape index (κ3) is 4.43. The number of carboxylic acids is 1. The van der Waals surface area contributed by atoms with Crippen LogP contribution >= 0.6 is 0 Å². The summed E-state index contributed by atoms with van der Waals surface area (Å²) in [7, 11) is -2.06. The molecule has 0 amide bonds. The number of methoxy groups -OCH3 is 1. The van der Waals surface area contributed by atoms with Crippen LogP contribution in [0.1, 0.15) is 23.6 Å². The summed E-state index contributed by atoms with van der Waals surface area (Å²) in [5, 5.41) is 8.84. The van der Waals surface area contributed by atoms with E-state index in [-0.39, 0.29) is 51.7 Å². The van der Waals surface area contributed by atoms with Crippen molar-refractivity contribution in [2.45, 2.75) is 4.90 Å². The van der Waals surface area contributed by atoms with Gasteiger partial charge in [-0.15, -0.1) is 0 Å². The Morgan fingerprint density at radius 3 is 2.11 bits per heavy atom. The minimum atomic E-state index is -4.09. The Balaban J connectivity index is -0.00000108. The number of hydrogen-bond donors (Lipinski definition) is 1. The van der Waals surface area contributed by atoms with Gasteiger partial charge >= 0.3 is 49.7 Å². The van der Waals surface area contributed by atoms with Crippen LogP contribution in [0.4, 0.5) is 0 Å². The van der Waals surface area contributed by atoms with Gasteiger partial charge in [0.05, 0.1) is 30.2 Å². The number of benzene rings is 1. The van der Waals surface area contributed by atoms with E-state index < -0.39 is 27.0 Å². The maximum atomic E-state index is 11.5. The predicted octanol–water partition coefficient (Wildman–Crippen LogP) is 0.351. The van der Waals surface area contributed by atoms with Crippen LogP contribution in [0.3, 0.4) is 0 Å².